The van der Waals surface area contributed by atoms with Gasteiger partial charge in [-0.15, -0.1) is 22.7 Å². The molecule has 106 valence electrons. The van der Waals surface area contributed by atoms with Crippen LogP contribution in [0.15, 0.2) is 23.6 Å². The fourth-order valence-electron chi connectivity index (χ4n) is 2.55. The molecule has 1 unspecified atom stereocenters. The van der Waals surface area contributed by atoms with Gasteiger partial charge in [-0.2, -0.15) is 5.10 Å². The van der Waals surface area contributed by atoms with E-state index in [9.17, 15) is 0 Å². The first-order valence-electron chi connectivity index (χ1n) is 6.88. The van der Waals surface area contributed by atoms with Gasteiger partial charge in [0.15, 0.2) is 0 Å². The number of hydrogen-bond donors (Lipinski definition) is 1. The average molecular weight is 305 g/mol. The van der Waals surface area contributed by atoms with Crippen molar-refractivity contribution in [2.24, 2.45) is 0 Å². The van der Waals surface area contributed by atoms with E-state index in [4.69, 9.17) is 0 Å². The minimum atomic E-state index is 0.362. The molecule has 3 heterocycles. The summed E-state index contributed by atoms with van der Waals surface area (Å²) in [6, 6.07) is 7.09. The number of nitrogens with one attached hydrogen (secondary N) is 1. The van der Waals surface area contributed by atoms with Gasteiger partial charge in [0.2, 0.25) is 0 Å². The number of nitrogens with zero attached hydrogens (tertiary/aromatic N) is 2. The standard InChI is InChI=1S/C15H19N3S2/c1-4-18-11(7-10(2)17-18)8-12(16-3)14-9-15-13(20-14)5-6-19-15/h5-7,9,12,16H,4,8H2,1-3H3. The SMILES string of the molecule is CCn1nc(C)cc1CC(NC)c1cc2sccc2s1. The molecule has 0 aliphatic carbocycles. The first-order chi connectivity index (χ1) is 9.71. The van der Waals surface area contributed by atoms with Crippen molar-refractivity contribution < 1.29 is 0 Å². The van der Waals surface area contributed by atoms with E-state index in [2.05, 4.69) is 52.5 Å². The zero-order chi connectivity index (χ0) is 14.1. The highest BCUT2D eigenvalue weighted by molar-refractivity contribution is 7.26. The lowest BCUT2D eigenvalue weighted by molar-refractivity contribution is 0.547. The third-order valence-corrected chi connectivity index (χ3v) is 5.76. The highest BCUT2D eigenvalue weighted by Crippen LogP contribution is 2.34. The van der Waals surface area contributed by atoms with Gasteiger partial charge in [0.05, 0.1) is 5.69 Å². The number of rotatable bonds is 5. The van der Waals surface area contributed by atoms with Crippen molar-refractivity contribution in [3.63, 3.8) is 0 Å². The molecular weight excluding hydrogens is 286 g/mol. The smallest absolute Gasteiger partial charge is 0.0596 e. The van der Waals surface area contributed by atoms with Crippen molar-refractivity contribution >= 4 is 32.1 Å². The summed E-state index contributed by atoms with van der Waals surface area (Å²) in [6.45, 7) is 5.13. The van der Waals surface area contributed by atoms with Gasteiger partial charge in [0.1, 0.15) is 0 Å². The van der Waals surface area contributed by atoms with Gasteiger partial charge in [-0.05, 0) is 44.5 Å². The van der Waals surface area contributed by atoms with Crippen LogP contribution in [0.4, 0.5) is 0 Å². The number of thiophene rings is 2. The van der Waals surface area contributed by atoms with Crippen LogP contribution in [0, 0.1) is 6.92 Å². The Morgan fingerprint density at radius 1 is 1.35 bits per heavy atom. The Bertz CT molecular complexity index is 679. The van der Waals surface area contributed by atoms with Gasteiger partial charge in [0.25, 0.3) is 0 Å². The van der Waals surface area contributed by atoms with E-state index in [-0.39, 0.29) is 0 Å². The Labute approximate surface area is 127 Å². The molecule has 0 saturated heterocycles. The molecule has 0 bridgehead atoms. The van der Waals surface area contributed by atoms with E-state index >= 15 is 0 Å². The number of hydrogen-bond acceptors (Lipinski definition) is 4. The summed E-state index contributed by atoms with van der Waals surface area (Å²) in [7, 11) is 2.04. The lowest BCUT2D eigenvalue weighted by Gasteiger charge is -2.15. The van der Waals surface area contributed by atoms with E-state index in [1.807, 2.05) is 29.7 Å². The molecular formula is C15H19N3S2. The van der Waals surface area contributed by atoms with E-state index in [1.165, 1.54) is 20.0 Å². The summed E-state index contributed by atoms with van der Waals surface area (Å²) < 4.78 is 4.89. The maximum atomic E-state index is 4.54. The molecule has 0 aromatic carbocycles. The molecule has 0 saturated carbocycles. The summed E-state index contributed by atoms with van der Waals surface area (Å²) in [6.07, 6.45) is 0.985. The number of aryl methyl sites for hydroxylation is 2. The van der Waals surface area contributed by atoms with Crippen LogP contribution >= 0.6 is 22.7 Å². The normalized spacial score (nSPS) is 13.2. The fraction of sp³-hybridized carbons (Fsp3) is 0.400. The fourth-order valence-corrected chi connectivity index (χ4v) is 4.78. The first kappa shape index (κ1) is 13.8. The van der Waals surface area contributed by atoms with Crippen molar-refractivity contribution in [3.8, 4) is 0 Å². The third-order valence-electron chi connectivity index (χ3n) is 3.55. The van der Waals surface area contributed by atoms with Crippen LogP contribution in [0.25, 0.3) is 9.40 Å². The van der Waals surface area contributed by atoms with Crippen LogP contribution < -0.4 is 5.32 Å². The van der Waals surface area contributed by atoms with Gasteiger partial charge >= 0.3 is 0 Å². The van der Waals surface area contributed by atoms with Crippen molar-refractivity contribution in [1.29, 1.82) is 0 Å². The van der Waals surface area contributed by atoms with Gasteiger partial charge in [-0.25, -0.2) is 0 Å². The summed E-state index contributed by atoms with van der Waals surface area (Å²) in [5, 5.41) is 10.2. The second-order valence-corrected chi connectivity index (χ2v) is 7.00. The summed E-state index contributed by atoms with van der Waals surface area (Å²) in [4.78, 5) is 1.41. The van der Waals surface area contributed by atoms with Gasteiger partial charge in [-0.1, -0.05) is 0 Å². The highest BCUT2D eigenvalue weighted by atomic mass is 32.1. The predicted molar refractivity (Wildman–Crippen MR) is 87.8 cm³/mol. The molecule has 0 aliphatic heterocycles. The van der Waals surface area contributed by atoms with Crippen molar-refractivity contribution in [3.05, 3.63) is 39.8 Å². The summed E-state index contributed by atoms with van der Waals surface area (Å²) in [5.41, 5.74) is 2.41. The molecule has 20 heavy (non-hydrogen) atoms. The largest absolute Gasteiger partial charge is 0.312 e. The molecule has 0 radical (unpaired) electrons. The molecule has 0 spiro atoms. The van der Waals surface area contributed by atoms with Crippen LogP contribution in [0.5, 0.6) is 0 Å². The Kier molecular flexibility index (Phi) is 3.92. The molecule has 3 aromatic rings. The first-order valence-corrected chi connectivity index (χ1v) is 8.58. The summed E-state index contributed by atoms with van der Waals surface area (Å²) in [5.74, 6) is 0. The molecule has 1 atom stereocenters. The van der Waals surface area contributed by atoms with Crippen LogP contribution in [-0.4, -0.2) is 16.8 Å². The number of fused-ring (bicyclic) bond motifs is 1. The van der Waals surface area contributed by atoms with Crippen molar-refractivity contribution in [1.82, 2.24) is 15.1 Å². The maximum Gasteiger partial charge on any atom is 0.0596 e. The van der Waals surface area contributed by atoms with E-state index in [0.29, 0.717) is 6.04 Å². The van der Waals surface area contributed by atoms with Crippen LogP contribution in [0.2, 0.25) is 0 Å². The molecule has 0 fully saturated rings. The number of aromatic nitrogens is 2. The Hall–Kier alpha value is -1.17. The van der Waals surface area contributed by atoms with Crippen molar-refractivity contribution in [2.45, 2.75) is 32.9 Å². The monoisotopic (exact) mass is 305 g/mol. The minimum absolute atomic E-state index is 0.362. The second kappa shape index (κ2) is 5.68. The molecule has 3 rings (SSSR count). The van der Waals surface area contributed by atoms with Crippen LogP contribution in [0.1, 0.15) is 29.2 Å². The van der Waals surface area contributed by atoms with Gasteiger partial charge in [-0.3, -0.25) is 4.68 Å². The third kappa shape index (κ3) is 2.53. The molecule has 3 nitrogen and oxygen atoms in total. The Morgan fingerprint density at radius 3 is 2.90 bits per heavy atom. The molecule has 0 amide bonds. The zero-order valence-electron chi connectivity index (χ0n) is 12.0. The lowest BCUT2D eigenvalue weighted by Crippen LogP contribution is -2.19. The topological polar surface area (TPSA) is 29.9 Å². The predicted octanol–water partition coefficient (Wildman–Crippen LogP) is 3.99. The Balaban J connectivity index is 1.88. The second-order valence-electron chi connectivity index (χ2n) is 4.94. The van der Waals surface area contributed by atoms with Crippen LogP contribution in [0.3, 0.4) is 0 Å². The molecule has 3 aromatic heterocycles. The van der Waals surface area contributed by atoms with E-state index in [0.717, 1.165) is 18.7 Å². The summed E-state index contributed by atoms with van der Waals surface area (Å²) >= 11 is 3.71. The molecule has 0 aliphatic rings. The zero-order valence-corrected chi connectivity index (χ0v) is 13.6. The van der Waals surface area contributed by atoms with Gasteiger partial charge in [0, 0.05) is 39.0 Å². The molecule has 1 N–H and O–H groups in total. The average Bonchev–Trinajstić information content (AvgIpc) is 3.09. The van der Waals surface area contributed by atoms with Crippen LogP contribution in [-0.2, 0) is 13.0 Å². The minimum Gasteiger partial charge on any atom is -0.312 e. The number of likely N-dealkylation sites (N-methyl/N-ethyl adjacent to an activating group) is 1. The molecule has 5 heteroatoms. The maximum absolute atomic E-state index is 4.54. The lowest BCUT2D eigenvalue weighted by atomic mass is 10.1. The quantitative estimate of drug-likeness (QED) is 0.772. The van der Waals surface area contributed by atoms with Gasteiger partial charge < -0.3 is 5.32 Å². The van der Waals surface area contributed by atoms with E-state index < -0.39 is 0 Å². The Morgan fingerprint density at radius 2 is 2.20 bits per heavy atom. The highest BCUT2D eigenvalue weighted by Gasteiger charge is 2.16. The van der Waals surface area contributed by atoms with Crippen molar-refractivity contribution in [2.75, 3.05) is 7.05 Å². The van der Waals surface area contributed by atoms with E-state index in [1.54, 1.807) is 0 Å².